The van der Waals surface area contributed by atoms with Crippen LogP contribution in [0.1, 0.15) is 34.6 Å². The SMILES string of the molecule is Cc1cccc(-n2nnc(C(=O)N3CCC(C(=O)O)CC3)c2C)c1. The molecule has 1 aromatic carbocycles. The highest BCUT2D eigenvalue weighted by Crippen LogP contribution is 2.20. The number of likely N-dealkylation sites (tertiary alicyclic amines) is 1. The normalized spacial score (nSPS) is 15.5. The summed E-state index contributed by atoms with van der Waals surface area (Å²) in [6, 6.07) is 7.83. The van der Waals surface area contributed by atoms with Crippen molar-refractivity contribution in [3.8, 4) is 5.69 Å². The van der Waals surface area contributed by atoms with Gasteiger partial charge < -0.3 is 10.0 Å². The number of aryl methyl sites for hydroxylation is 1. The summed E-state index contributed by atoms with van der Waals surface area (Å²) in [7, 11) is 0. The van der Waals surface area contributed by atoms with Crippen LogP contribution in [0.5, 0.6) is 0 Å². The van der Waals surface area contributed by atoms with Crippen molar-refractivity contribution < 1.29 is 14.7 Å². The molecule has 0 spiro atoms. The summed E-state index contributed by atoms with van der Waals surface area (Å²) in [6.07, 6.45) is 0.957. The quantitative estimate of drug-likeness (QED) is 0.928. The van der Waals surface area contributed by atoms with Crippen LogP contribution in [-0.4, -0.2) is 50.0 Å². The second-order valence-corrected chi connectivity index (χ2v) is 6.18. The van der Waals surface area contributed by atoms with Crippen LogP contribution < -0.4 is 0 Å². The molecule has 0 atom stereocenters. The number of nitrogens with zero attached hydrogens (tertiary/aromatic N) is 4. The van der Waals surface area contributed by atoms with E-state index in [1.165, 1.54) is 0 Å². The molecular weight excluding hydrogens is 308 g/mol. The molecule has 0 saturated carbocycles. The van der Waals surface area contributed by atoms with Crippen LogP contribution in [0.2, 0.25) is 0 Å². The molecule has 0 bridgehead atoms. The monoisotopic (exact) mass is 328 g/mol. The number of aromatic nitrogens is 3. The molecule has 0 unspecified atom stereocenters. The van der Waals surface area contributed by atoms with Gasteiger partial charge in [0, 0.05) is 13.1 Å². The number of aliphatic carboxylic acids is 1. The number of carboxylic acid groups (broad SMARTS) is 1. The Morgan fingerprint density at radius 2 is 1.92 bits per heavy atom. The van der Waals surface area contributed by atoms with Crippen molar-refractivity contribution in [2.75, 3.05) is 13.1 Å². The van der Waals surface area contributed by atoms with Gasteiger partial charge in [0.05, 0.1) is 17.3 Å². The Bertz CT molecular complexity index is 776. The van der Waals surface area contributed by atoms with E-state index < -0.39 is 5.97 Å². The minimum absolute atomic E-state index is 0.185. The average molecular weight is 328 g/mol. The third kappa shape index (κ3) is 3.02. The molecule has 1 aliphatic heterocycles. The highest BCUT2D eigenvalue weighted by molar-refractivity contribution is 5.93. The van der Waals surface area contributed by atoms with E-state index >= 15 is 0 Å². The lowest BCUT2D eigenvalue weighted by molar-refractivity contribution is -0.143. The van der Waals surface area contributed by atoms with Crippen LogP contribution in [0, 0.1) is 19.8 Å². The number of hydrogen-bond donors (Lipinski definition) is 1. The molecular formula is C17H20N4O3. The number of carboxylic acids is 1. The maximum absolute atomic E-state index is 12.7. The van der Waals surface area contributed by atoms with Crippen LogP contribution in [0.3, 0.4) is 0 Å². The molecule has 24 heavy (non-hydrogen) atoms. The van der Waals surface area contributed by atoms with Crippen molar-refractivity contribution in [1.82, 2.24) is 19.9 Å². The van der Waals surface area contributed by atoms with Gasteiger partial charge in [0.1, 0.15) is 0 Å². The van der Waals surface area contributed by atoms with Gasteiger partial charge in [-0.2, -0.15) is 0 Å². The fourth-order valence-corrected chi connectivity index (χ4v) is 3.01. The van der Waals surface area contributed by atoms with Crippen molar-refractivity contribution in [2.24, 2.45) is 5.92 Å². The summed E-state index contributed by atoms with van der Waals surface area (Å²) in [4.78, 5) is 25.3. The first-order valence-corrected chi connectivity index (χ1v) is 7.99. The van der Waals surface area contributed by atoms with Crippen LogP contribution in [-0.2, 0) is 4.79 Å². The van der Waals surface area contributed by atoms with Crippen LogP contribution in [0.4, 0.5) is 0 Å². The number of piperidine rings is 1. The molecule has 126 valence electrons. The first kappa shape index (κ1) is 16.2. The summed E-state index contributed by atoms with van der Waals surface area (Å²) in [5, 5.41) is 17.2. The van der Waals surface area contributed by atoms with Crippen molar-refractivity contribution in [3.63, 3.8) is 0 Å². The molecule has 7 heteroatoms. The average Bonchev–Trinajstić information content (AvgIpc) is 2.96. The Kier molecular flexibility index (Phi) is 4.33. The highest BCUT2D eigenvalue weighted by atomic mass is 16.4. The topological polar surface area (TPSA) is 88.3 Å². The van der Waals surface area contributed by atoms with Crippen LogP contribution >= 0.6 is 0 Å². The molecule has 3 rings (SSSR count). The Balaban J connectivity index is 1.79. The Morgan fingerprint density at radius 1 is 1.21 bits per heavy atom. The zero-order valence-electron chi connectivity index (χ0n) is 13.8. The van der Waals surface area contributed by atoms with E-state index in [4.69, 9.17) is 5.11 Å². The fraction of sp³-hybridized carbons (Fsp3) is 0.412. The van der Waals surface area contributed by atoms with Crippen molar-refractivity contribution in [1.29, 1.82) is 0 Å². The second kappa shape index (κ2) is 6.43. The van der Waals surface area contributed by atoms with Gasteiger partial charge >= 0.3 is 5.97 Å². The Morgan fingerprint density at radius 3 is 2.54 bits per heavy atom. The molecule has 1 amide bonds. The number of carbonyl (C=O) groups is 2. The molecule has 1 N–H and O–H groups in total. The van der Waals surface area contributed by atoms with Gasteiger partial charge in [-0.3, -0.25) is 9.59 Å². The molecule has 2 heterocycles. The van der Waals surface area contributed by atoms with E-state index in [-0.39, 0.29) is 11.8 Å². The van der Waals surface area contributed by atoms with Crippen LogP contribution in [0.15, 0.2) is 24.3 Å². The standard InChI is InChI=1S/C17H20N4O3/c1-11-4-3-5-14(10-11)21-12(2)15(18-19-21)16(22)20-8-6-13(7-9-20)17(23)24/h3-5,10,13H,6-9H2,1-2H3,(H,23,24). The number of benzene rings is 1. The van der Waals surface area contributed by atoms with Crippen LogP contribution in [0.25, 0.3) is 5.69 Å². The smallest absolute Gasteiger partial charge is 0.306 e. The molecule has 0 radical (unpaired) electrons. The minimum Gasteiger partial charge on any atom is -0.481 e. The van der Waals surface area contributed by atoms with Gasteiger partial charge in [0.15, 0.2) is 5.69 Å². The van der Waals surface area contributed by atoms with Crippen molar-refractivity contribution >= 4 is 11.9 Å². The zero-order valence-corrected chi connectivity index (χ0v) is 13.8. The summed E-state index contributed by atoms with van der Waals surface area (Å²) in [5.41, 5.74) is 2.98. The van der Waals surface area contributed by atoms with E-state index in [0.717, 1.165) is 11.3 Å². The number of hydrogen-bond acceptors (Lipinski definition) is 4. The maximum atomic E-state index is 12.7. The predicted octanol–water partition coefficient (Wildman–Crippen LogP) is 1.82. The molecule has 1 aliphatic rings. The molecule has 2 aromatic rings. The maximum Gasteiger partial charge on any atom is 0.306 e. The van der Waals surface area contributed by atoms with E-state index in [1.54, 1.807) is 9.58 Å². The zero-order chi connectivity index (χ0) is 17.3. The first-order chi connectivity index (χ1) is 11.5. The van der Waals surface area contributed by atoms with Gasteiger partial charge in [0.2, 0.25) is 0 Å². The summed E-state index contributed by atoms with van der Waals surface area (Å²) in [5.74, 6) is -1.34. The summed E-state index contributed by atoms with van der Waals surface area (Å²) in [6.45, 7) is 4.69. The van der Waals surface area contributed by atoms with Gasteiger partial charge in [-0.15, -0.1) is 5.10 Å². The highest BCUT2D eigenvalue weighted by Gasteiger charge is 2.29. The minimum atomic E-state index is -0.788. The van der Waals surface area contributed by atoms with E-state index in [1.807, 2.05) is 38.1 Å². The number of rotatable bonds is 3. The van der Waals surface area contributed by atoms with E-state index in [0.29, 0.717) is 37.3 Å². The molecule has 0 aliphatic carbocycles. The molecule has 7 nitrogen and oxygen atoms in total. The van der Waals surface area contributed by atoms with Gasteiger partial charge in [-0.25, -0.2) is 4.68 Å². The fourth-order valence-electron chi connectivity index (χ4n) is 3.01. The van der Waals surface area contributed by atoms with E-state index in [9.17, 15) is 9.59 Å². The number of carbonyl (C=O) groups excluding carboxylic acids is 1. The lowest BCUT2D eigenvalue weighted by Gasteiger charge is -2.29. The third-order valence-corrected chi connectivity index (χ3v) is 4.47. The molecule has 1 aromatic heterocycles. The van der Waals surface area contributed by atoms with E-state index in [2.05, 4.69) is 10.3 Å². The first-order valence-electron chi connectivity index (χ1n) is 7.99. The summed E-state index contributed by atoms with van der Waals surface area (Å²) < 4.78 is 1.66. The summed E-state index contributed by atoms with van der Waals surface area (Å²) >= 11 is 0. The van der Waals surface area contributed by atoms with Gasteiger partial charge in [-0.05, 0) is 44.4 Å². The van der Waals surface area contributed by atoms with Crippen molar-refractivity contribution in [3.05, 3.63) is 41.2 Å². The molecule has 1 saturated heterocycles. The third-order valence-electron chi connectivity index (χ3n) is 4.47. The Labute approximate surface area is 139 Å². The lowest BCUT2D eigenvalue weighted by atomic mass is 9.97. The van der Waals surface area contributed by atoms with Gasteiger partial charge in [0.25, 0.3) is 5.91 Å². The predicted molar refractivity (Wildman–Crippen MR) is 87.1 cm³/mol. The molecule has 1 fully saturated rings. The lowest BCUT2D eigenvalue weighted by Crippen LogP contribution is -2.40. The second-order valence-electron chi connectivity index (χ2n) is 6.18. The number of amides is 1. The van der Waals surface area contributed by atoms with Crippen molar-refractivity contribution in [2.45, 2.75) is 26.7 Å². The largest absolute Gasteiger partial charge is 0.481 e. The van der Waals surface area contributed by atoms with Gasteiger partial charge in [-0.1, -0.05) is 17.3 Å². The Hall–Kier alpha value is -2.70.